The highest BCUT2D eigenvalue weighted by molar-refractivity contribution is 5.56. The molecule has 9 heteroatoms. The van der Waals surface area contributed by atoms with Crippen molar-refractivity contribution in [2.24, 2.45) is 0 Å². The normalized spacial score (nSPS) is 19.6. The van der Waals surface area contributed by atoms with Gasteiger partial charge in [0.15, 0.2) is 0 Å². The molecular formula is C11H18N6O3. The van der Waals surface area contributed by atoms with Crippen molar-refractivity contribution in [3.8, 4) is 0 Å². The SMILES string of the molecule is CNc1ncc([N+](=O)[O-])c(NCC2CN(C)CCO2)n1. The first-order chi connectivity index (χ1) is 9.60. The average Bonchev–Trinajstić information content (AvgIpc) is 2.44. The van der Waals surface area contributed by atoms with E-state index in [9.17, 15) is 10.1 Å². The van der Waals surface area contributed by atoms with Crippen LogP contribution >= 0.6 is 0 Å². The number of morpholine rings is 1. The van der Waals surface area contributed by atoms with E-state index in [0.29, 0.717) is 19.1 Å². The third-order valence-electron chi connectivity index (χ3n) is 3.03. The topological polar surface area (TPSA) is 105 Å². The molecule has 0 spiro atoms. The molecule has 1 unspecified atom stereocenters. The molecule has 1 aliphatic rings. The van der Waals surface area contributed by atoms with Crippen LogP contribution in [-0.4, -0.2) is 66.2 Å². The summed E-state index contributed by atoms with van der Waals surface area (Å²) in [5.41, 5.74) is -0.145. The predicted molar refractivity (Wildman–Crippen MR) is 74.0 cm³/mol. The smallest absolute Gasteiger partial charge is 0.329 e. The zero-order valence-electron chi connectivity index (χ0n) is 11.5. The van der Waals surface area contributed by atoms with Gasteiger partial charge < -0.3 is 20.3 Å². The number of anilines is 2. The third kappa shape index (κ3) is 3.52. The summed E-state index contributed by atoms with van der Waals surface area (Å²) >= 11 is 0. The number of hydrogen-bond acceptors (Lipinski definition) is 8. The summed E-state index contributed by atoms with van der Waals surface area (Å²) in [4.78, 5) is 20.5. The summed E-state index contributed by atoms with van der Waals surface area (Å²) in [6.45, 7) is 2.81. The van der Waals surface area contributed by atoms with E-state index in [1.807, 2.05) is 7.05 Å². The maximum Gasteiger partial charge on any atom is 0.329 e. The molecule has 2 N–H and O–H groups in total. The van der Waals surface area contributed by atoms with Gasteiger partial charge in [0.25, 0.3) is 0 Å². The van der Waals surface area contributed by atoms with Gasteiger partial charge in [-0.2, -0.15) is 4.98 Å². The first-order valence-electron chi connectivity index (χ1n) is 6.33. The van der Waals surface area contributed by atoms with Gasteiger partial charge in [0.05, 0.1) is 17.6 Å². The lowest BCUT2D eigenvalue weighted by Crippen LogP contribution is -2.43. The van der Waals surface area contributed by atoms with E-state index >= 15 is 0 Å². The van der Waals surface area contributed by atoms with Gasteiger partial charge >= 0.3 is 5.69 Å². The summed E-state index contributed by atoms with van der Waals surface area (Å²) in [5, 5.41) is 16.7. The van der Waals surface area contributed by atoms with Crippen molar-refractivity contribution in [2.45, 2.75) is 6.10 Å². The number of ether oxygens (including phenoxy) is 1. The zero-order valence-corrected chi connectivity index (χ0v) is 11.5. The Labute approximate surface area is 116 Å². The van der Waals surface area contributed by atoms with Crippen molar-refractivity contribution < 1.29 is 9.66 Å². The Morgan fingerprint density at radius 1 is 1.65 bits per heavy atom. The maximum absolute atomic E-state index is 11.0. The van der Waals surface area contributed by atoms with Crippen LogP contribution in [0, 0.1) is 10.1 Å². The molecule has 1 aliphatic heterocycles. The summed E-state index contributed by atoms with van der Waals surface area (Å²) in [6, 6.07) is 0. The number of rotatable bonds is 5. The first-order valence-corrected chi connectivity index (χ1v) is 6.33. The summed E-state index contributed by atoms with van der Waals surface area (Å²) in [5.74, 6) is 0.533. The standard InChI is InChI=1S/C11H18N6O3/c1-12-11-14-6-9(17(18)19)10(15-11)13-5-8-7-16(2)3-4-20-8/h6,8H,3-5,7H2,1-2H3,(H2,12,13,14,15). The minimum absolute atomic E-state index is 0.0126. The molecule has 1 saturated heterocycles. The molecular weight excluding hydrogens is 264 g/mol. The number of hydrogen-bond donors (Lipinski definition) is 2. The van der Waals surface area contributed by atoms with E-state index in [1.54, 1.807) is 7.05 Å². The van der Waals surface area contributed by atoms with Crippen LogP contribution in [0.5, 0.6) is 0 Å². The van der Waals surface area contributed by atoms with Crippen molar-refractivity contribution in [1.29, 1.82) is 0 Å². The van der Waals surface area contributed by atoms with E-state index in [-0.39, 0.29) is 17.6 Å². The van der Waals surface area contributed by atoms with Crippen molar-refractivity contribution in [3.05, 3.63) is 16.3 Å². The van der Waals surface area contributed by atoms with Crippen LogP contribution in [0.25, 0.3) is 0 Å². The van der Waals surface area contributed by atoms with Crippen molar-refractivity contribution in [2.75, 3.05) is 51.0 Å². The molecule has 20 heavy (non-hydrogen) atoms. The molecule has 1 fully saturated rings. The Balaban J connectivity index is 2.05. The van der Waals surface area contributed by atoms with Crippen molar-refractivity contribution in [1.82, 2.24) is 14.9 Å². The van der Waals surface area contributed by atoms with E-state index in [1.165, 1.54) is 6.20 Å². The van der Waals surface area contributed by atoms with Crippen LogP contribution in [0.15, 0.2) is 6.20 Å². The van der Waals surface area contributed by atoms with Gasteiger partial charge in [-0.1, -0.05) is 0 Å². The fourth-order valence-electron chi connectivity index (χ4n) is 1.96. The van der Waals surface area contributed by atoms with Gasteiger partial charge in [0, 0.05) is 26.7 Å². The van der Waals surface area contributed by atoms with Crippen LogP contribution < -0.4 is 10.6 Å². The average molecular weight is 282 g/mol. The lowest BCUT2D eigenvalue weighted by atomic mass is 10.3. The van der Waals surface area contributed by atoms with E-state index in [2.05, 4.69) is 25.5 Å². The van der Waals surface area contributed by atoms with Gasteiger partial charge in [-0.25, -0.2) is 4.98 Å². The van der Waals surface area contributed by atoms with Gasteiger partial charge in [-0.3, -0.25) is 10.1 Å². The zero-order chi connectivity index (χ0) is 14.5. The van der Waals surface area contributed by atoms with Crippen LogP contribution in [0.3, 0.4) is 0 Å². The van der Waals surface area contributed by atoms with Crippen molar-refractivity contribution >= 4 is 17.5 Å². The second-order valence-corrected chi connectivity index (χ2v) is 4.57. The summed E-state index contributed by atoms with van der Waals surface area (Å²) in [6.07, 6.45) is 1.18. The Kier molecular flexibility index (Phi) is 4.64. The number of nitrogens with zero attached hydrogens (tertiary/aromatic N) is 4. The molecule has 0 bridgehead atoms. The number of nitrogens with one attached hydrogen (secondary N) is 2. The van der Waals surface area contributed by atoms with Gasteiger partial charge in [0.1, 0.15) is 6.20 Å². The largest absolute Gasteiger partial charge is 0.374 e. The van der Waals surface area contributed by atoms with Crippen LogP contribution in [0.1, 0.15) is 0 Å². The lowest BCUT2D eigenvalue weighted by molar-refractivity contribution is -0.384. The summed E-state index contributed by atoms with van der Waals surface area (Å²) in [7, 11) is 3.67. The molecule has 9 nitrogen and oxygen atoms in total. The molecule has 0 amide bonds. The number of aromatic nitrogens is 2. The third-order valence-corrected chi connectivity index (χ3v) is 3.03. The molecule has 0 radical (unpaired) electrons. The minimum Gasteiger partial charge on any atom is -0.374 e. The maximum atomic E-state index is 11.0. The fourth-order valence-corrected chi connectivity index (χ4v) is 1.96. The van der Waals surface area contributed by atoms with E-state index in [0.717, 1.165) is 13.1 Å². The lowest BCUT2D eigenvalue weighted by Gasteiger charge is -2.30. The molecule has 1 aromatic heterocycles. The molecule has 1 aromatic rings. The minimum atomic E-state index is -0.504. The van der Waals surface area contributed by atoms with Crippen LogP contribution in [-0.2, 0) is 4.74 Å². The predicted octanol–water partition coefficient (Wildman–Crippen LogP) is 0.169. The molecule has 0 aromatic carbocycles. The molecule has 2 heterocycles. The molecule has 2 rings (SSSR count). The molecule has 0 aliphatic carbocycles. The highest BCUT2D eigenvalue weighted by Crippen LogP contribution is 2.22. The van der Waals surface area contributed by atoms with Gasteiger partial charge in [0.2, 0.25) is 11.8 Å². The van der Waals surface area contributed by atoms with Crippen molar-refractivity contribution in [3.63, 3.8) is 0 Å². The van der Waals surface area contributed by atoms with E-state index in [4.69, 9.17) is 4.74 Å². The fraction of sp³-hybridized carbons (Fsp3) is 0.636. The number of nitro groups is 1. The summed E-state index contributed by atoms with van der Waals surface area (Å²) < 4.78 is 5.59. The second kappa shape index (κ2) is 6.44. The van der Waals surface area contributed by atoms with E-state index < -0.39 is 4.92 Å². The Morgan fingerprint density at radius 2 is 2.45 bits per heavy atom. The Morgan fingerprint density at radius 3 is 3.10 bits per heavy atom. The highest BCUT2D eigenvalue weighted by atomic mass is 16.6. The Hall–Kier alpha value is -2.00. The Bertz CT molecular complexity index is 483. The van der Waals surface area contributed by atoms with Gasteiger partial charge in [-0.05, 0) is 7.05 Å². The van der Waals surface area contributed by atoms with Gasteiger partial charge in [-0.15, -0.1) is 0 Å². The molecule has 1 atom stereocenters. The first kappa shape index (κ1) is 14.4. The molecule has 110 valence electrons. The second-order valence-electron chi connectivity index (χ2n) is 4.57. The monoisotopic (exact) mass is 282 g/mol. The quantitative estimate of drug-likeness (QED) is 0.581. The molecule has 0 saturated carbocycles. The highest BCUT2D eigenvalue weighted by Gasteiger charge is 2.21. The van der Waals surface area contributed by atoms with Crippen LogP contribution in [0.4, 0.5) is 17.5 Å². The number of likely N-dealkylation sites (N-methyl/N-ethyl adjacent to an activating group) is 1. The van der Waals surface area contributed by atoms with Crippen LogP contribution in [0.2, 0.25) is 0 Å².